The second-order valence-corrected chi connectivity index (χ2v) is 9.97. The van der Waals surface area contributed by atoms with Gasteiger partial charge >= 0.3 is 11.9 Å². The molecule has 180 valence electrons. The van der Waals surface area contributed by atoms with E-state index in [1.807, 2.05) is 0 Å². The molecule has 10 nitrogen and oxygen atoms in total. The van der Waals surface area contributed by atoms with Gasteiger partial charge in [0, 0.05) is 0 Å². The summed E-state index contributed by atoms with van der Waals surface area (Å²) in [6, 6.07) is 7.27. The fourth-order valence-electron chi connectivity index (χ4n) is 5.79. The predicted molar refractivity (Wildman–Crippen MR) is 115 cm³/mol. The van der Waals surface area contributed by atoms with Crippen molar-refractivity contribution in [3.63, 3.8) is 0 Å². The number of para-hydroxylation sites is 1. The van der Waals surface area contributed by atoms with Gasteiger partial charge in [0.05, 0.1) is 12.3 Å². The lowest BCUT2D eigenvalue weighted by atomic mass is 9.74. The van der Waals surface area contributed by atoms with E-state index in [0.29, 0.717) is 5.69 Å². The van der Waals surface area contributed by atoms with Crippen LogP contribution in [0.5, 0.6) is 0 Å². The molecule has 5 atom stereocenters. The molecule has 1 spiro atoms. The Balaban J connectivity index is 1.62. The molecule has 0 saturated carbocycles. The summed E-state index contributed by atoms with van der Waals surface area (Å²) in [5.74, 6) is -6.30. The first-order chi connectivity index (χ1) is 16.0. The molecule has 4 aliphatic rings. The number of ether oxygens (including phenoxy) is 3. The highest BCUT2D eigenvalue weighted by Gasteiger charge is 2.87. The van der Waals surface area contributed by atoms with Crippen molar-refractivity contribution in [2.75, 3.05) is 11.5 Å². The minimum Gasteiger partial charge on any atom is -0.463 e. The van der Waals surface area contributed by atoms with Crippen LogP contribution in [0.3, 0.4) is 0 Å². The molecule has 4 fully saturated rings. The largest absolute Gasteiger partial charge is 0.463 e. The highest BCUT2D eigenvalue weighted by atomic mass is 16.6. The van der Waals surface area contributed by atoms with Gasteiger partial charge in [-0.1, -0.05) is 18.2 Å². The van der Waals surface area contributed by atoms with E-state index in [9.17, 15) is 24.0 Å². The van der Waals surface area contributed by atoms with E-state index in [2.05, 4.69) is 0 Å². The van der Waals surface area contributed by atoms with Gasteiger partial charge in [-0.25, -0.2) is 14.5 Å². The molecule has 0 N–H and O–H groups in total. The number of carbonyl (C=O) groups is 5. The number of benzene rings is 1. The number of esters is 2. The summed E-state index contributed by atoms with van der Waals surface area (Å²) in [7, 11) is 0. The Morgan fingerprint density at radius 2 is 1.74 bits per heavy atom. The molecule has 1 aromatic rings. The Kier molecular flexibility index (Phi) is 4.71. The lowest BCUT2D eigenvalue weighted by Crippen LogP contribution is -2.63. The van der Waals surface area contributed by atoms with E-state index in [1.54, 1.807) is 58.0 Å². The zero-order valence-corrected chi connectivity index (χ0v) is 19.4. The highest BCUT2D eigenvalue weighted by molar-refractivity contribution is 6.28. The molecule has 0 aliphatic carbocycles. The average molecular weight is 470 g/mol. The van der Waals surface area contributed by atoms with Crippen molar-refractivity contribution in [1.29, 1.82) is 0 Å². The first-order valence-corrected chi connectivity index (χ1v) is 11.4. The van der Waals surface area contributed by atoms with E-state index in [0.717, 1.165) is 4.90 Å². The van der Waals surface area contributed by atoms with Crippen molar-refractivity contribution in [2.45, 2.75) is 63.5 Å². The maximum absolute atomic E-state index is 13.8. The van der Waals surface area contributed by atoms with Crippen molar-refractivity contribution < 1.29 is 38.2 Å². The molecule has 4 heterocycles. The molecule has 0 aromatic heterocycles. The maximum atomic E-state index is 13.8. The number of imide groups is 1. The average Bonchev–Trinajstić information content (AvgIpc) is 3.44. The number of anilines is 1. The van der Waals surface area contributed by atoms with Crippen molar-refractivity contribution >= 4 is 35.3 Å². The Bertz CT molecular complexity index is 1110. The number of hydrogen-bond donors (Lipinski definition) is 0. The summed E-state index contributed by atoms with van der Waals surface area (Å²) in [5, 5.41) is 0. The second kappa shape index (κ2) is 7.11. The number of amides is 3. The van der Waals surface area contributed by atoms with Gasteiger partial charge in [0.25, 0.3) is 11.5 Å². The topological polar surface area (TPSA) is 120 Å². The molecule has 4 saturated heterocycles. The SMILES string of the molecule is CCOC(=O)C12OC3(CCC(C(=O)OC(C)(C)C)N3C1=O)C1C(=O)N(c3ccccc3)C(=O)C12. The fourth-order valence-corrected chi connectivity index (χ4v) is 5.79. The fraction of sp³-hybridized carbons (Fsp3) is 0.542. The first-order valence-electron chi connectivity index (χ1n) is 11.4. The predicted octanol–water partition coefficient (Wildman–Crippen LogP) is 1.17. The van der Waals surface area contributed by atoms with E-state index in [4.69, 9.17) is 14.2 Å². The molecule has 1 aromatic carbocycles. The summed E-state index contributed by atoms with van der Waals surface area (Å²) >= 11 is 0. The molecule has 10 heteroatoms. The molecule has 0 radical (unpaired) electrons. The van der Waals surface area contributed by atoms with Gasteiger partial charge in [-0.15, -0.1) is 0 Å². The van der Waals surface area contributed by atoms with Crippen LogP contribution in [0.4, 0.5) is 5.69 Å². The van der Waals surface area contributed by atoms with Crippen molar-refractivity contribution in [3.8, 4) is 0 Å². The smallest absolute Gasteiger partial charge is 0.349 e. The van der Waals surface area contributed by atoms with E-state index in [1.165, 1.54) is 4.90 Å². The Labute approximate surface area is 196 Å². The van der Waals surface area contributed by atoms with Crippen molar-refractivity contribution in [3.05, 3.63) is 30.3 Å². The number of rotatable bonds is 4. The molecule has 5 unspecified atom stereocenters. The minimum atomic E-state index is -2.32. The van der Waals surface area contributed by atoms with Crippen LogP contribution in [-0.4, -0.2) is 64.1 Å². The number of fused-ring (bicyclic) bond motifs is 3. The van der Waals surface area contributed by atoms with Gasteiger partial charge in [-0.05, 0) is 52.7 Å². The summed E-state index contributed by atoms with van der Waals surface area (Å²) < 4.78 is 16.8. The molecule has 3 amide bonds. The normalized spacial score (nSPS) is 33.9. The number of piperidine rings is 1. The van der Waals surface area contributed by atoms with Crippen LogP contribution in [0.1, 0.15) is 40.5 Å². The van der Waals surface area contributed by atoms with Gasteiger partial charge in [0.15, 0.2) is 5.72 Å². The Morgan fingerprint density at radius 1 is 1.09 bits per heavy atom. The number of nitrogens with zero attached hydrogens (tertiary/aromatic N) is 2. The molecule has 34 heavy (non-hydrogen) atoms. The molecule has 2 bridgehead atoms. The third kappa shape index (κ3) is 2.68. The first kappa shape index (κ1) is 22.5. The van der Waals surface area contributed by atoms with Crippen LogP contribution in [-0.2, 0) is 38.2 Å². The highest BCUT2D eigenvalue weighted by Crippen LogP contribution is 2.64. The van der Waals surface area contributed by atoms with Gasteiger partial charge in [-0.2, -0.15) is 0 Å². The summed E-state index contributed by atoms with van der Waals surface area (Å²) in [6.07, 6.45) is 0.280. The zero-order chi connectivity index (χ0) is 24.6. The standard InChI is InChI=1S/C24H26N2O8/c1-5-32-21(31)24-16-15(17(27)25(18(16)28)13-9-7-6-8-10-13)23(34-24)12-11-14(26(23)20(24)30)19(29)33-22(2,3)4/h6-10,14-16H,5,11-12H2,1-4H3. The summed E-state index contributed by atoms with van der Waals surface area (Å²) in [6.45, 7) is 6.63. The van der Waals surface area contributed by atoms with Gasteiger partial charge < -0.3 is 14.2 Å². The molecule has 5 rings (SSSR count). The minimum absolute atomic E-state index is 0.0539. The van der Waals surface area contributed by atoms with Gasteiger partial charge in [-0.3, -0.25) is 19.3 Å². The maximum Gasteiger partial charge on any atom is 0.349 e. The van der Waals surface area contributed by atoms with Crippen LogP contribution >= 0.6 is 0 Å². The van der Waals surface area contributed by atoms with Crippen LogP contribution in [0, 0.1) is 11.8 Å². The molecular formula is C24H26N2O8. The van der Waals surface area contributed by atoms with Crippen LogP contribution < -0.4 is 4.90 Å². The van der Waals surface area contributed by atoms with E-state index < -0.39 is 64.5 Å². The number of carbonyl (C=O) groups excluding carboxylic acids is 5. The summed E-state index contributed by atoms with van der Waals surface area (Å²) in [4.78, 5) is 69.5. The number of hydrogen-bond acceptors (Lipinski definition) is 8. The van der Waals surface area contributed by atoms with Gasteiger partial charge in [0.1, 0.15) is 23.5 Å². The molecular weight excluding hydrogens is 444 g/mol. The van der Waals surface area contributed by atoms with E-state index >= 15 is 0 Å². The Morgan fingerprint density at radius 3 is 2.35 bits per heavy atom. The monoisotopic (exact) mass is 470 g/mol. The lowest BCUT2D eigenvalue weighted by Gasteiger charge is -2.38. The van der Waals surface area contributed by atoms with Crippen molar-refractivity contribution in [1.82, 2.24) is 4.90 Å². The third-order valence-corrected chi connectivity index (χ3v) is 6.87. The second-order valence-electron chi connectivity index (χ2n) is 9.97. The molecule has 4 aliphatic heterocycles. The van der Waals surface area contributed by atoms with Crippen LogP contribution in [0.25, 0.3) is 0 Å². The quantitative estimate of drug-likeness (QED) is 0.365. The third-order valence-electron chi connectivity index (χ3n) is 6.87. The van der Waals surface area contributed by atoms with E-state index in [-0.39, 0.29) is 19.4 Å². The van der Waals surface area contributed by atoms with Crippen molar-refractivity contribution in [2.24, 2.45) is 11.8 Å². The zero-order valence-electron chi connectivity index (χ0n) is 19.4. The lowest BCUT2D eigenvalue weighted by molar-refractivity contribution is -0.176. The van der Waals surface area contributed by atoms with Gasteiger partial charge in [0.2, 0.25) is 11.8 Å². The van der Waals surface area contributed by atoms with Crippen LogP contribution in [0.2, 0.25) is 0 Å². The Hall–Kier alpha value is -3.27. The van der Waals surface area contributed by atoms with Crippen LogP contribution in [0.15, 0.2) is 30.3 Å². The summed E-state index contributed by atoms with van der Waals surface area (Å²) in [5.41, 5.74) is -4.40.